The van der Waals surface area contributed by atoms with Crippen molar-refractivity contribution in [3.8, 4) is 5.88 Å². The maximum Gasteiger partial charge on any atom is 0.433 e. The first-order valence-electron chi connectivity index (χ1n) is 9.20. The zero-order chi connectivity index (χ0) is 21.9. The van der Waals surface area contributed by atoms with Crippen molar-refractivity contribution < 1.29 is 22.7 Å². The number of rotatable bonds is 5. The Kier molecular flexibility index (Phi) is 5.86. The van der Waals surface area contributed by atoms with Crippen molar-refractivity contribution in [1.29, 1.82) is 0 Å². The highest BCUT2D eigenvalue weighted by Crippen LogP contribution is 2.31. The fourth-order valence-corrected chi connectivity index (χ4v) is 2.59. The summed E-state index contributed by atoms with van der Waals surface area (Å²) in [7, 11) is 0. The van der Waals surface area contributed by atoms with Crippen LogP contribution < -0.4 is 15.4 Å². The second-order valence-electron chi connectivity index (χ2n) is 7.95. The van der Waals surface area contributed by atoms with Gasteiger partial charge in [0.15, 0.2) is 0 Å². The molecule has 2 heterocycles. The topological polar surface area (TPSA) is 91.9 Å². The summed E-state index contributed by atoms with van der Waals surface area (Å²) in [5.41, 5.74) is 0.322. The number of alkyl halides is 3. The van der Waals surface area contributed by atoms with Crippen LogP contribution in [0.2, 0.25) is 0 Å². The minimum absolute atomic E-state index is 0.0577. The number of halogens is 3. The van der Waals surface area contributed by atoms with E-state index in [1.54, 1.807) is 18.3 Å². The fourth-order valence-electron chi connectivity index (χ4n) is 2.59. The number of fused-ring (bicyclic) bond motifs is 1. The molecule has 1 aromatic carbocycles. The lowest BCUT2D eigenvalue weighted by Gasteiger charge is -2.20. The lowest BCUT2D eigenvalue weighted by molar-refractivity contribution is -0.141. The molecule has 0 saturated heterocycles. The zero-order valence-electron chi connectivity index (χ0n) is 16.7. The molecule has 0 aliphatic carbocycles. The predicted octanol–water partition coefficient (Wildman–Crippen LogP) is 4.72. The summed E-state index contributed by atoms with van der Waals surface area (Å²) >= 11 is 0. The van der Waals surface area contributed by atoms with Gasteiger partial charge in [0.05, 0.1) is 24.0 Å². The minimum atomic E-state index is -4.59. The molecule has 0 aliphatic heterocycles. The summed E-state index contributed by atoms with van der Waals surface area (Å²) in [5.74, 6) is -0.156. The van der Waals surface area contributed by atoms with E-state index in [1.165, 1.54) is 6.07 Å². The molecule has 2 amide bonds. The van der Waals surface area contributed by atoms with Crippen LogP contribution in [0.25, 0.3) is 10.9 Å². The third kappa shape index (κ3) is 5.40. The SMILES string of the molecule is CC(C)(C)COc1nc(C(F)(F)F)ccc1CNC(=O)Nc1cccc2[nH]ncc12. The number of benzene rings is 1. The van der Waals surface area contributed by atoms with Gasteiger partial charge in [0.25, 0.3) is 0 Å². The third-order valence-electron chi connectivity index (χ3n) is 4.04. The van der Waals surface area contributed by atoms with Gasteiger partial charge < -0.3 is 15.4 Å². The van der Waals surface area contributed by atoms with Gasteiger partial charge in [-0.2, -0.15) is 18.3 Å². The number of hydrogen-bond donors (Lipinski definition) is 3. The summed E-state index contributed by atoms with van der Waals surface area (Å²) in [6, 6.07) is 6.89. The Bertz CT molecular complexity index is 1040. The summed E-state index contributed by atoms with van der Waals surface area (Å²) in [5, 5.41) is 12.8. The quantitative estimate of drug-likeness (QED) is 0.556. The molecule has 0 spiro atoms. The van der Waals surface area contributed by atoms with Gasteiger partial charge in [0, 0.05) is 17.5 Å². The highest BCUT2D eigenvalue weighted by Gasteiger charge is 2.33. The van der Waals surface area contributed by atoms with E-state index >= 15 is 0 Å². The Balaban J connectivity index is 1.73. The van der Waals surface area contributed by atoms with Crippen molar-refractivity contribution in [3.05, 3.63) is 47.8 Å². The Hall–Kier alpha value is -3.30. The lowest BCUT2D eigenvalue weighted by atomic mass is 9.99. The standard InChI is InChI=1S/C20H22F3N5O2/c1-19(2,3)11-30-17-12(7-8-16(27-17)20(21,22)23)9-24-18(29)26-14-5-4-6-15-13(14)10-25-28-15/h4-8,10H,9,11H2,1-3H3,(H,25,28)(H2,24,26,29). The molecule has 3 rings (SSSR count). The third-order valence-corrected chi connectivity index (χ3v) is 4.04. The number of H-pyrrole nitrogens is 1. The molecule has 3 N–H and O–H groups in total. The smallest absolute Gasteiger partial charge is 0.433 e. The normalized spacial score (nSPS) is 12.1. The zero-order valence-corrected chi connectivity index (χ0v) is 16.7. The van der Waals surface area contributed by atoms with Gasteiger partial charge in [-0.25, -0.2) is 9.78 Å². The van der Waals surface area contributed by atoms with Gasteiger partial charge in [0.1, 0.15) is 5.69 Å². The first-order chi connectivity index (χ1) is 14.0. The Morgan fingerprint density at radius 3 is 2.63 bits per heavy atom. The van der Waals surface area contributed by atoms with Gasteiger partial charge >= 0.3 is 12.2 Å². The van der Waals surface area contributed by atoms with E-state index in [9.17, 15) is 18.0 Å². The Labute approximate surface area is 171 Å². The maximum atomic E-state index is 13.0. The predicted molar refractivity (Wildman–Crippen MR) is 106 cm³/mol. The van der Waals surface area contributed by atoms with Gasteiger partial charge in [-0.15, -0.1) is 0 Å². The molecule has 0 saturated carbocycles. The van der Waals surface area contributed by atoms with Crippen LogP contribution in [-0.2, 0) is 12.7 Å². The molecule has 160 valence electrons. The first kappa shape index (κ1) is 21.4. The number of nitrogens with one attached hydrogen (secondary N) is 3. The number of hydrogen-bond acceptors (Lipinski definition) is 4. The summed E-state index contributed by atoms with van der Waals surface area (Å²) in [6.45, 7) is 5.79. The van der Waals surface area contributed by atoms with Gasteiger partial charge in [-0.3, -0.25) is 5.10 Å². The van der Waals surface area contributed by atoms with E-state index in [1.807, 2.05) is 26.8 Å². The van der Waals surface area contributed by atoms with Crippen molar-refractivity contribution >= 4 is 22.6 Å². The maximum absolute atomic E-state index is 13.0. The second-order valence-corrected chi connectivity index (χ2v) is 7.95. The number of carbonyl (C=O) groups is 1. The number of ether oxygens (including phenoxy) is 1. The van der Waals surface area contributed by atoms with E-state index in [4.69, 9.17) is 4.74 Å². The monoisotopic (exact) mass is 421 g/mol. The molecule has 0 atom stereocenters. The van der Waals surface area contributed by atoms with Gasteiger partial charge in [0.2, 0.25) is 5.88 Å². The van der Waals surface area contributed by atoms with Crippen LogP contribution >= 0.6 is 0 Å². The van der Waals surface area contributed by atoms with Crippen LogP contribution in [0, 0.1) is 5.41 Å². The van der Waals surface area contributed by atoms with Crippen molar-refractivity contribution in [2.24, 2.45) is 5.41 Å². The van der Waals surface area contributed by atoms with E-state index in [0.717, 1.165) is 17.0 Å². The highest BCUT2D eigenvalue weighted by molar-refractivity contribution is 6.00. The summed E-state index contributed by atoms with van der Waals surface area (Å²) in [6.07, 6.45) is -3.00. The average Bonchev–Trinajstić information content (AvgIpc) is 3.13. The first-order valence-corrected chi connectivity index (χ1v) is 9.20. The van der Waals surface area contributed by atoms with Gasteiger partial charge in [-0.1, -0.05) is 26.8 Å². The largest absolute Gasteiger partial charge is 0.477 e. The number of pyridine rings is 1. The van der Waals surface area contributed by atoms with E-state index < -0.39 is 17.9 Å². The lowest BCUT2D eigenvalue weighted by Crippen LogP contribution is -2.29. The highest BCUT2D eigenvalue weighted by atomic mass is 19.4. The molecule has 0 fully saturated rings. The molecular weight excluding hydrogens is 399 g/mol. The molecule has 2 aromatic heterocycles. The summed E-state index contributed by atoms with van der Waals surface area (Å²) < 4.78 is 44.6. The molecule has 0 unspecified atom stereocenters. The van der Waals surface area contributed by atoms with Crippen molar-refractivity contribution in [1.82, 2.24) is 20.5 Å². The molecule has 0 aliphatic rings. The fraction of sp³-hybridized carbons (Fsp3) is 0.350. The van der Waals surface area contributed by atoms with Crippen LogP contribution in [0.1, 0.15) is 32.0 Å². The van der Waals surface area contributed by atoms with Crippen LogP contribution in [0.5, 0.6) is 5.88 Å². The van der Waals surface area contributed by atoms with E-state index in [-0.39, 0.29) is 24.4 Å². The minimum Gasteiger partial charge on any atom is -0.477 e. The van der Waals surface area contributed by atoms with Crippen LogP contribution in [-0.4, -0.2) is 27.8 Å². The van der Waals surface area contributed by atoms with Crippen LogP contribution in [0.15, 0.2) is 36.5 Å². The molecule has 3 aromatic rings. The number of aromatic nitrogens is 3. The van der Waals surface area contributed by atoms with Crippen LogP contribution in [0.3, 0.4) is 0 Å². The average molecular weight is 421 g/mol. The molecule has 0 bridgehead atoms. The van der Waals surface area contributed by atoms with Crippen LogP contribution in [0.4, 0.5) is 23.7 Å². The van der Waals surface area contributed by atoms with Crippen molar-refractivity contribution in [3.63, 3.8) is 0 Å². The molecule has 0 radical (unpaired) electrons. The Morgan fingerprint density at radius 2 is 1.93 bits per heavy atom. The number of aromatic amines is 1. The van der Waals surface area contributed by atoms with Crippen molar-refractivity contribution in [2.75, 3.05) is 11.9 Å². The Morgan fingerprint density at radius 1 is 1.17 bits per heavy atom. The molecular formula is C20H22F3N5O2. The number of urea groups is 1. The van der Waals surface area contributed by atoms with E-state index in [0.29, 0.717) is 11.3 Å². The number of carbonyl (C=O) groups excluding carboxylic acids is 1. The number of anilines is 1. The molecule has 30 heavy (non-hydrogen) atoms. The molecule has 7 nitrogen and oxygen atoms in total. The number of nitrogens with zero attached hydrogens (tertiary/aromatic N) is 2. The second kappa shape index (κ2) is 8.21. The van der Waals surface area contributed by atoms with Gasteiger partial charge in [-0.05, 0) is 29.7 Å². The summed E-state index contributed by atoms with van der Waals surface area (Å²) in [4.78, 5) is 15.9. The number of amides is 2. The van der Waals surface area contributed by atoms with Crippen molar-refractivity contribution in [2.45, 2.75) is 33.5 Å². The van der Waals surface area contributed by atoms with E-state index in [2.05, 4.69) is 25.8 Å². The molecule has 10 heteroatoms.